The van der Waals surface area contributed by atoms with E-state index in [-0.39, 0.29) is 12.1 Å². The molecule has 1 aliphatic rings. The van der Waals surface area contributed by atoms with Crippen LogP contribution in [0.2, 0.25) is 0 Å². The van der Waals surface area contributed by atoms with Crippen molar-refractivity contribution >= 4 is 6.03 Å². The number of carbonyl (C=O) groups excluding carboxylic acids is 1. The number of carbonyl (C=O) groups is 1. The number of rotatable bonds is 6. The molecular formula is C19H26N4O2. The molecule has 0 spiro atoms. The molecule has 1 aromatic carbocycles. The predicted octanol–water partition coefficient (Wildman–Crippen LogP) is 2.77. The second-order valence-electron chi connectivity index (χ2n) is 6.75. The maximum atomic E-state index is 12.0. The molecule has 1 heterocycles. The Hall–Kier alpha value is -2.50. The van der Waals surface area contributed by atoms with Gasteiger partial charge in [-0.1, -0.05) is 32.0 Å². The van der Waals surface area contributed by atoms with E-state index in [0.717, 1.165) is 25.0 Å². The summed E-state index contributed by atoms with van der Waals surface area (Å²) in [6.45, 7) is 5.21. The minimum absolute atomic E-state index is 0.141. The highest BCUT2D eigenvalue weighted by atomic mass is 16.5. The number of benzene rings is 1. The third-order valence-electron chi connectivity index (χ3n) is 4.54. The van der Waals surface area contributed by atoms with Crippen molar-refractivity contribution in [2.75, 3.05) is 13.2 Å². The number of fused-ring (bicyclic) bond motifs is 1. The third kappa shape index (κ3) is 4.53. The SMILES string of the molecule is CC(C)c1ccccc1OCCNC(=O)NC1CCc2[nH]ncc2C1. The smallest absolute Gasteiger partial charge is 0.315 e. The van der Waals surface area contributed by atoms with E-state index in [0.29, 0.717) is 19.1 Å². The molecule has 0 fully saturated rings. The van der Waals surface area contributed by atoms with Crippen molar-refractivity contribution in [3.8, 4) is 5.75 Å². The van der Waals surface area contributed by atoms with Crippen molar-refractivity contribution in [3.63, 3.8) is 0 Å². The van der Waals surface area contributed by atoms with Crippen LogP contribution in [0.4, 0.5) is 4.79 Å². The standard InChI is InChI=1S/C19H26N4O2/c1-13(2)16-5-3-4-6-18(16)25-10-9-20-19(24)22-15-7-8-17-14(11-15)12-21-23-17/h3-6,12-13,15H,7-11H2,1-2H3,(H,21,23)(H2,20,22,24). The van der Waals surface area contributed by atoms with Gasteiger partial charge in [0.2, 0.25) is 0 Å². The molecule has 0 aliphatic heterocycles. The highest BCUT2D eigenvalue weighted by Gasteiger charge is 2.21. The van der Waals surface area contributed by atoms with Crippen LogP contribution in [0, 0.1) is 0 Å². The first-order chi connectivity index (χ1) is 12.1. The van der Waals surface area contributed by atoms with E-state index in [9.17, 15) is 4.79 Å². The van der Waals surface area contributed by atoms with E-state index in [4.69, 9.17) is 4.74 Å². The molecular weight excluding hydrogens is 316 g/mol. The molecule has 6 heteroatoms. The quantitative estimate of drug-likeness (QED) is 0.706. The first kappa shape index (κ1) is 17.3. The van der Waals surface area contributed by atoms with Crippen molar-refractivity contribution in [3.05, 3.63) is 47.3 Å². The molecule has 1 aliphatic carbocycles. The zero-order valence-electron chi connectivity index (χ0n) is 14.8. The average Bonchev–Trinajstić information content (AvgIpc) is 3.06. The lowest BCUT2D eigenvalue weighted by atomic mass is 9.94. The van der Waals surface area contributed by atoms with Crippen LogP contribution < -0.4 is 15.4 Å². The molecule has 3 N–H and O–H groups in total. The number of urea groups is 1. The van der Waals surface area contributed by atoms with Crippen molar-refractivity contribution in [2.45, 2.75) is 45.1 Å². The lowest BCUT2D eigenvalue weighted by molar-refractivity contribution is 0.231. The number of aryl methyl sites for hydroxylation is 1. The number of aromatic amines is 1. The van der Waals surface area contributed by atoms with E-state index in [1.54, 1.807) is 0 Å². The van der Waals surface area contributed by atoms with Gasteiger partial charge in [-0.2, -0.15) is 5.10 Å². The molecule has 1 aromatic heterocycles. The van der Waals surface area contributed by atoms with Gasteiger partial charge in [-0.15, -0.1) is 0 Å². The molecule has 0 radical (unpaired) electrons. The summed E-state index contributed by atoms with van der Waals surface area (Å²) in [5.74, 6) is 1.30. The Kier molecular flexibility index (Phi) is 5.58. The lowest BCUT2D eigenvalue weighted by Crippen LogP contribution is -2.45. The van der Waals surface area contributed by atoms with Gasteiger partial charge >= 0.3 is 6.03 Å². The minimum Gasteiger partial charge on any atom is -0.491 e. The van der Waals surface area contributed by atoms with Gasteiger partial charge in [0.25, 0.3) is 0 Å². The van der Waals surface area contributed by atoms with E-state index >= 15 is 0 Å². The van der Waals surface area contributed by atoms with Gasteiger partial charge in [0.15, 0.2) is 0 Å². The highest BCUT2D eigenvalue weighted by Crippen LogP contribution is 2.25. The summed E-state index contributed by atoms with van der Waals surface area (Å²) in [7, 11) is 0. The Labute approximate surface area is 148 Å². The summed E-state index contributed by atoms with van der Waals surface area (Å²) in [4.78, 5) is 12.0. The third-order valence-corrected chi connectivity index (χ3v) is 4.54. The second kappa shape index (κ2) is 8.05. The molecule has 3 rings (SSSR count). The van der Waals surface area contributed by atoms with Crippen molar-refractivity contribution in [1.29, 1.82) is 0 Å². The molecule has 1 unspecified atom stereocenters. The predicted molar refractivity (Wildman–Crippen MR) is 97.0 cm³/mol. The van der Waals surface area contributed by atoms with Crippen molar-refractivity contribution < 1.29 is 9.53 Å². The molecule has 2 aromatic rings. The number of H-pyrrole nitrogens is 1. The molecule has 6 nitrogen and oxygen atoms in total. The van der Waals surface area contributed by atoms with E-state index in [2.05, 4.69) is 40.7 Å². The molecule has 25 heavy (non-hydrogen) atoms. The van der Waals surface area contributed by atoms with Crippen LogP contribution in [0.5, 0.6) is 5.75 Å². The number of ether oxygens (including phenoxy) is 1. The van der Waals surface area contributed by atoms with Crippen LogP contribution in [-0.2, 0) is 12.8 Å². The van der Waals surface area contributed by atoms with Gasteiger partial charge in [0.1, 0.15) is 12.4 Å². The van der Waals surface area contributed by atoms with E-state index < -0.39 is 0 Å². The fourth-order valence-electron chi connectivity index (χ4n) is 3.19. The first-order valence-corrected chi connectivity index (χ1v) is 8.90. The van der Waals surface area contributed by atoms with Gasteiger partial charge in [0, 0.05) is 11.7 Å². The van der Waals surface area contributed by atoms with Crippen LogP contribution in [0.15, 0.2) is 30.5 Å². The number of nitrogens with zero attached hydrogens (tertiary/aromatic N) is 1. The normalized spacial score (nSPS) is 16.4. The average molecular weight is 342 g/mol. The van der Waals surface area contributed by atoms with Crippen LogP contribution in [0.1, 0.15) is 43.0 Å². The Balaban J connectivity index is 1.39. The summed E-state index contributed by atoms with van der Waals surface area (Å²) in [5, 5.41) is 13.0. The molecule has 2 amide bonds. The molecule has 0 saturated heterocycles. The monoisotopic (exact) mass is 342 g/mol. The van der Waals surface area contributed by atoms with Crippen molar-refractivity contribution in [2.24, 2.45) is 0 Å². The number of amides is 2. The number of hydrogen-bond donors (Lipinski definition) is 3. The first-order valence-electron chi connectivity index (χ1n) is 8.90. The fourth-order valence-corrected chi connectivity index (χ4v) is 3.19. The van der Waals surface area contributed by atoms with Crippen LogP contribution in [0.3, 0.4) is 0 Å². The summed E-state index contributed by atoms with van der Waals surface area (Å²) < 4.78 is 5.82. The second-order valence-corrected chi connectivity index (χ2v) is 6.75. The topological polar surface area (TPSA) is 79.0 Å². The largest absolute Gasteiger partial charge is 0.491 e. The summed E-state index contributed by atoms with van der Waals surface area (Å²) in [5.41, 5.74) is 3.57. The van der Waals surface area contributed by atoms with Crippen molar-refractivity contribution in [1.82, 2.24) is 20.8 Å². The summed E-state index contributed by atoms with van der Waals surface area (Å²) in [6.07, 6.45) is 4.54. The van der Waals surface area contributed by atoms with Crippen LogP contribution in [0.25, 0.3) is 0 Å². The Morgan fingerprint density at radius 3 is 3.08 bits per heavy atom. The van der Waals surface area contributed by atoms with Gasteiger partial charge < -0.3 is 15.4 Å². The number of aromatic nitrogens is 2. The van der Waals surface area contributed by atoms with Crippen LogP contribution >= 0.6 is 0 Å². The summed E-state index contributed by atoms with van der Waals surface area (Å²) >= 11 is 0. The van der Waals surface area contributed by atoms with Gasteiger partial charge in [0.05, 0.1) is 12.7 Å². The maximum absolute atomic E-state index is 12.0. The lowest BCUT2D eigenvalue weighted by Gasteiger charge is -2.23. The Morgan fingerprint density at radius 1 is 1.40 bits per heavy atom. The van der Waals surface area contributed by atoms with E-state index in [1.807, 2.05) is 24.4 Å². The Bertz CT molecular complexity index is 711. The van der Waals surface area contributed by atoms with Crippen LogP contribution in [-0.4, -0.2) is 35.4 Å². The van der Waals surface area contributed by atoms with Gasteiger partial charge in [-0.25, -0.2) is 4.79 Å². The number of nitrogens with one attached hydrogen (secondary N) is 3. The molecule has 1 atom stereocenters. The summed E-state index contributed by atoms with van der Waals surface area (Å²) in [6, 6.07) is 8.05. The zero-order chi connectivity index (χ0) is 17.6. The minimum atomic E-state index is -0.141. The molecule has 0 bridgehead atoms. The van der Waals surface area contributed by atoms with Gasteiger partial charge in [-0.05, 0) is 42.4 Å². The zero-order valence-corrected chi connectivity index (χ0v) is 14.8. The fraction of sp³-hybridized carbons (Fsp3) is 0.474. The highest BCUT2D eigenvalue weighted by molar-refractivity contribution is 5.74. The van der Waals surface area contributed by atoms with Gasteiger partial charge in [-0.3, -0.25) is 5.10 Å². The maximum Gasteiger partial charge on any atom is 0.315 e. The van der Waals surface area contributed by atoms with E-state index in [1.165, 1.54) is 16.8 Å². The molecule has 134 valence electrons. The number of hydrogen-bond acceptors (Lipinski definition) is 3. The molecule has 0 saturated carbocycles. The number of para-hydroxylation sites is 1. The Morgan fingerprint density at radius 2 is 2.24 bits per heavy atom.